The number of halogens is 1. The molecule has 3 rings (SSSR count). The number of aromatic nitrogens is 2. The number of para-hydroxylation sites is 1. The fourth-order valence-electron chi connectivity index (χ4n) is 2.27. The maximum atomic E-state index is 12.3. The van der Waals surface area contributed by atoms with Crippen LogP contribution in [0, 0.1) is 0 Å². The maximum absolute atomic E-state index is 12.3. The lowest BCUT2D eigenvalue weighted by Crippen LogP contribution is -2.30. The summed E-state index contributed by atoms with van der Waals surface area (Å²) >= 11 is 3.42. The second kappa shape index (κ2) is 8.05. The molecule has 0 aliphatic rings. The summed E-state index contributed by atoms with van der Waals surface area (Å²) in [7, 11) is 1.59. The fraction of sp³-hybridized carbons (Fsp3) is 0.158. The maximum Gasteiger partial charge on any atom is 0.265 e. The van der Waals surface area contributed by atoms with Crippen LogP contribution in [-0.4, -0.2) is 28.9 Å². The highest BCUT2D eigenvalue weighted by Gasteiger charge is 2.19. The van der Waals surface area contributed by atoms with E-state index in [1.165, 1.54) is 0 Å². The van der Waals surface area contributed by atoms with Crippen molar-refractivity contribution in [1.29, 1.82) is 0 Å². The molecule has 2 aromatic carbocycles. The average molecular weight is 416 g/mol. The van der Waals surface area contributed by atoms with Crippen LogP contribution < -0.4 is 14.8 Å². The normalized spacial score (nSPS) is 11.7. The molecular formula is C19H18BrN3O3. The molecule has 3 aromatic rings. The number of hydrogen-bond acceptors (Lipinski definition) is 4. The highest BCUT2D eigenvalue weighted by Crippen LogP contribution is 2.25. The first kappa shape index (κ1) is 18.0. The van der Waals surface area contributed by atoms with Crippen molar-refractivity contribution < 1.29 is 14.3 Å². The van der Waals surface area contributed by atoms with E-state index in [0.717, 1.165) is 11.4 Å². The van der Waals surface area contributed by atoms with Gasteiger partial charge in [-0.05, 0) is 59.3 Å². The highest BCUT2D eigenvalue weighted by atomic mass is 79.9. The van der Waals surface area contributed by atoms with Crippen LogP contribution in [0.1, 0.15) is 6.92 Å². The van der Waals surface area contributed by atoms with Gasteiger partial charge in [-0.3, -0.25) is 4.79 Å². The number of nitrogens with zero attached hydrogens (tertiary/aromatic N) is 2. The van der Waals surface area contributed by atoms with Gasteiger partial charge in [0, 0.05) is 11.9 Å². The summed E-state index contributed by atoms with van der Waals surface area (Å²) in [5.41, 5.74) is 1.57. The Balaban J connectivity index is 1.66. The van der Waals surface area contributed by atoms with Crippen LogP contribution in [0.4, 0.5) is 5.69 Å². The molecule has 6 nitrogen and oxygen atoms in total. The van der Waals surface area contributed by atoms with Crippen molar-refractivity contribution in [2.45, 2.75) is 13.0 Å². The van der Waals surface area contributed by atoms with Gasteiger partial charge in [0.05, 0.1) is 17.3 Å². The first-order valence-electron chi connectivity index (χ1n) is 7.99. The van der Waals surface area contributed by atoms with Crippen molar-refractivity contribution in [2.75, 3.05) is 12.4 Å². The van der Waals surface area contributed by atoms with Gasteiger partial charge in [0.2, 0.25) is 5.88 Å². The molecule has 1 atom stereocenters. The van der Waals surface area contributed by atoms with E-state index in [1.807, 2.05) is 30.3 Å². The number of benzene rings is 2. The smallest absolute Gasteiger partial charge is 0.265 e. The van der Waals surface area contributed by atoms with Gasteiger partial charge >= 0.3 is 0 Å². The van der Waals surface area contributed by atoms with E-state index in [1.54, 1.807) is 49.2 Å². The Morgan fingerprint density at radius 3 is 2.50 bits per heavy atom. The van der Waals surface area contributed by atoms with Gasteiger partial charge in [-0.1, -0.05) is 18.2 Å². The molecule has 1 heterocycles. The number of carbonyl (C=O) groups excluding carboxylic acids is 1. The summed E-state index contributed by atoms with van der Waals surface area (Å²) in [4.78, 5) is 12.3. The zero-order valence-electron chi connectivity index (χ0n) is 14.3. The third-order valence-corrected chi connectivity index (χ3v) is 4.22. The number of hydrogen-bond donors (Lipinski definition) is 1. The molecule has 7 heteroatoms. The van der Waals surface area contributed by atoms with E-state index in [9.17, 15) is 4.79 Å². The SMILES string of the molecule is COc1ccc(NC(=O)C(C)Oc2nn(-c3ccccc3)cc2Br)cc1. The molecular weight excluding hydrogens is 398 g/mol. The van der Waals surface area contributed by atoms with Gasteiger partial charge in [-0.2, -0.15) is 0 Å². The van der Waals surface area contributed by atoms with E-state index >= 15 is 0 Å². The Hall–Kier alpha value is -2.80. The largest absolute Gasteiger partial charge is 0.497 e. The lowest BCUT2D eigenvalue weighted by molar-refractivity contribution is -0.122. The Morgan fingerprint density at radius 2 is 1.85 bits per heavy atom. The molecule has 26 heavy (non-hydrogen) atoms. The fourth-order valence-corrected chi connectivity index (χ4v) is 2.64. The zero-order chi connectivity index (χ0) is 18.5. The van der Waals surface area contributed by atoms with Crippen molar-refractivity contribution in [3.05, 3.63) is 65.3 Å². The molecule has 0 aliphatic heterocycles. The zero-order valence-corrected chi connectivity index (χ0v) is 15.9. The van der Waals surface area contributed by atoms with Gasteiger partial charge in [0.15, 0.2) is 6.10 Å². The topological polar surface area (TPSA) is 65.4 Å². The van der Waals surface area contributed by atoms with E-state index < -0.39 is 6.10 Å². The van der Waals surface area contributed by atoms with Crippen LogP contribution in [0.25, 0.3) is 5.69 Å². The van der Waals surface area contributed by atoms with Crippen LogP contribution in [0.15, 0.2) is 65.3 Å². The van der Waals surface area contributed by atoms with E-state index in [-0.39, 0.29) is 5.91 Å². The van der Waals surface area contributed by atoms with Crippen LogP contribution in [-0.2, 0) is 4.79 Å². The summed E-state index contributed by atoms with van der Waals surface area (Å²) in [6.07, 6.45) is 1.08. The molecule has 1 aromatic heterocycles. The van der Waals surface area contributed by atoms with Crippen molar-refractivity contribution in [2.24, 2.45) is 0 Å². The third kappa shape index (κ3) is 4.23. The molecule has 1 amide bonds. The molecule has 1 N–H and O–H groups in total. The summed E-state index contributed by atoms with van der Waals surface area (Å²) in [6, 6.07) is 16.7. The molecule has 0 bridgehead atoms. The summed E-state index contributed by atoms with van der Waals surface area (Å²) < 4.78 is 13.2. The summed E-state index contributed by atoms with van der Waals surface area (Å²) in [5.74, 6) is 0.810. The number of carbonyl (C=O) groups is 1. The van der Waals surface area contributed by atoms with E-state index in [4.69, 9.17) is 9.47 Å². The first-order chi connectivity index (χ1) is 12.6. The van der Waals surface area contributed by atoms with Gasteiger partial charge in [0.25, 0.3) is 5.91 Å². The number of amides is 1. The Bertz CT molecular complexity index is 879. The molecule has 1 unspecified atom stereocenters. The van der Waals surface area contributed by atoms with Gasteiger partial charge in [0.1, 0.15) is 5.75 Å². The molecule has 0 spiro atoms. The number of anilines is 1. The lowest BCUT2D eigenvalue weighted by atomic mass is 10.3. The second-order valence-electron chi connectivity index (χ2n) is 5.54. The van der Waals surface area contributed by atoms with Crippen molar-refractivity contribution in [3.8, 4) is 17.3 Å². The number of ether oxygens (including phenoxy) is 2. The van der Waals surface area contributed by atoms with Crippen molar-refractivity contribution in [1.82, 2.24) is 9.78 Å². The molecule has 0 fully saturated rings. The highest BCUT2D eigenvalue weighted by molar-refractivity contribution is 9.10. The summed E-state index contributed by atoms with van der Waals surface area (Å²) in [5, 5.41) is 7.18. The van der Waals surface area contributed by atoms with Crippen LogP contribution in [0.3, 0.4) is 0 Å². The predicted molar refractivity (Wildman–Crippen MR) is 103 cm³/mol. The molecule has 0 saturated carbocycles. The minimum absolute atomic E-state index is 0.267. The molecule has 134 valence electrons. The van der Waals surface area contributed by atoms with Crippen LogP contribution >= 0.6 is 15.9 Å². The first-order valence-corrected chi connectivity index (χ1v) is 8.78. The molecule has 0 saturated heterocycles. The molecule has 0 aliphatic carbocycles. The van der Waals surface area contributed by atoms with Gasteiger partial charge in [-0.25, -0.2) is 4.68 Å². The minimum Gasteiger partial charge on any atom is -0.497 e. The van der Waals surface area contributed by atoms with E-state index in [0.29, 0.717) is 16.0 Å². The third-order valence-electron chi connectivity index (χ3n) is 3.67. The standard InChI is InChI=1S/C19H18BrN3O3/c1-13(18(24)21-14-8-10-16(25-2)11-9-14)26-19-17(20)12-23(22-19)15-6-4-3-5-7-15/h3-13H,1-2H3,(H,21,24). The predicted octanol–water partition coefficient (Wildman–Crippen LogP) is 4.05. The summed E-state index contributed by atoms with van der Waals surface area (Å²) in [6.45, 7) is 1.67. The van der Waals surface area contributed by atoms with Crippen LogP contribution in [0.5, 0.6) is 11.6 Å². The number of rotatable bonds is 6. The number of methoxy groups -OCH3 is 1. The average Bonchev–Trinajstić information content (AvgIpc) is 3.03. The quantitative estimate of drug-likeness (QED) is 0.659. The Morgan fingerprint density at radius 1 is 1.15 bits per heavy atom. The molecule has 0 radical (unpaired) electrons. The van der Waals surface area contributed by atoms with Crippen molar-refractivity contribution >= 4 is 27.5 Å². The Labute approximate surface area is 159 Å². The minimum atomic E-state index is -0.715. The van der Waals surface area contributed by atoms with Crippen LogP contribution in [0.2, 0.25) is 0 Å². The van der Waals surface area contributed by atoms with Crippen molar-refractivity contribution in [3.63, 3.8) is 0 Å². The monoisotopic (exact) mass is 415 g/mol. The van der Waals surface area contributed by atoms with E-state index in [2.05, 4.69) is 26.3 Å². The lowest BCUT2D eigenvalue weighted by Gasteiger charge is -2.13. The Kier molecular flexibility index (Phi) is 5.58. The van der Waals surface area contributed by atoms with Gasteiger partial charge < -0.3 is 14.8 Å². The second-order valence-corrected chi connectivity index (χ2v) is 6.39. The van der Waals surface area contributed by atoms with Gasteiger partial charge in [-0.15, -0.1) is 5.10 Å². The number of nitrogens with one attached hydrogen (secondary N) is 1.